The van der Waals surface area contributed by atoms with Gasteiger partial charge in [0.25, 0.3) is 11.8 Å². The fourth-order valence-electron chi connectivity index (χ4n) is 2.42. The quantitative estimate of drug-likeness (QED) is 0.847. The molecule has 0 unspecified atom stereocenters. The number of benzene rings is 1. The normalized spacial score (nSPS) is 20.5. The Balaban J connectivity index is 1.83. The molecule has 0 radical (unpaired) electrons. The number of hydrazine groups is 1. The van der Waals surface area contributed by atoms with Gasteiger partial charge in [-0.3, -0.25) is 15.0 Å². The molecule has 6 nitrogen and oxygen atoms in total. The van der Waals surface area contributed by atoms with Gasteiger partial charge in [0.05, 0.1) is 4.88 Å². The van der Waals surface area contributed by atoms with Crippen molar-refractivity contribution in [1.82, 2.24) is 15.8 Å². The number of hydrogen-bond donors (Lipinski definition) is 2. The molecule has 1 aliphatic heterocycles. The molecule has 0 aliphatic carbocycles. The number of aryl methyl sites for hydroxylation is 1. The minimum atomic E-state index is -1.20. The molecule has 2 aromatic rings. The summed E-state index contributed by atoms with van der Waals surface area (Å²) in [6.07, 6.45) is 0. The van der Waals surface area contributed by atoms with Crippen LogP contribution in [0, 0.1) is 6.92 Å². The fraction of sp³-hybridized carbons (Fsp3) is 0.188. The van der Waals surface area contributed by atoms with Gasteiger partial charge in [-0.2, -0.15) is 5.01 Å². The third-order valence-corrected chi connectivity index (χ3v) is 4.72. The van der Waals surface area contributed by atoms with E-state index in [0.717, 1.165) is 9.89 Å². The van der Waals surface area contributed by atoms with E-state index in [-0.39, 0.29) is 0 Å². The van der Waals surface area contributed by atoms with Crippen molar-refractivity contribution < 1.29 is 14.4 Å². The summed E-state index contributed by atoms with van der Waals surface area (Å²) >= 11 is 1.30. The van der Waals surface area contributed by atoms with Crippen molar-refractivity contribution in [2.24, 2.45) is 0 Å². The lowest BCUT2D eigenvalue weighted by molar-refractivity contribution is -0.132. The smallest absolute Gasteiger partial charge is 0.318 e. The number of thiophene rings is 1. The van der Waals surface area contributed by atoms with E-state index in [9.17, 15) is 14.4 Å². The minimum Gasteiger partial charge on any atom is -0.318 e. The van der Waals surface area contributed by atoms with Crippen molar-refractivity contribution >= 4 is 29.2 Å². The van der Waals surface area contributed by atoms with E-state index < -0.39 is 23.4 Å². The molecule has 0 bridgehead atoms. The van der Waals surface area contributed by atoms with Crippen molar-refractivity contribution in [1.29, 1.82) is 0 Å². The molecule has 1 aromatic heterocycles. The first-order valence-electron chi connectivity index (χ1n) is 7.01. The predicted octanol–water partition coefficient (Wildman–Crippen LogP) is 2.17. The molecule has 118 valence electrons. The highest BCUT2D eigenvalue weighted by molar-refractivity contribution is 7.13. The number of imide groups is 1. The van der Waals surface area contributed by atoms with E-state index in [2.05, 4.69) is 10.7 Å². The summed E-state index contributed by atoms with van der Waals surface area (Å²) in [6.45, 7) is 3.49. The van der Waals surface area contributed by atoms with E-state index in [4.69, 9.17) is 0 Å². The Bertz CT molecular complexity index is 787. The molecule has 3 rings (SSSR count). The van der Waals surface area contributed by atoms with Crippen LogP contribution in [0.1, 0.15) is 27.0 Å². The first-order chi connectivity index (χ1) is 10.9. The van der Waals surface area contributed by atoms with Gasteiger partial charge < -0.3 is 5.32 Å². The second-order valence-corrected chi connectivity index (χ2v) is 6.70. The van der Waals surface area contributed by atoms with Crippen LogP contribution in [0.25, 0.3) is 0 Å². The highest BCUT2D eigenvalue weighted by Gasteiger charge is 2.50. The monoisotopic (exact) mass is 329 g/mol. The molecule has 1 fully saturated rings. The van der Waals surface area contributed by atoms with Crippen LogP contribution in [0.4, 0.5) is 4.79 Å². The van der Waals surface area contributed by atoms with Gasteiger partial charge in [0, 0.05) is 4.88 Å². The Labute approximate surface area is 137 Å². The lowest BCUT2D eigenvalue weighted by Gasteiger charge is -2.21. The summed E-state index contributed by atoms with van der Waals surface area (Å²) in [5.74, 6) is -1.00. The van der Waals surface area contributed by atoms with Gasteiger partial charge in [-0.25, -0.2) is 4.79 Å². The largest absolute Gasteiger partial charge is 0.344 e. The molecule has 4 amide bonds. The van der Waals surface area contributed by atoms with Crippen molar-refractivity contribution in [2.45, 2.75) is 19.4 Å². The van der Waals surface area contributed by atoms with Crippen LogP contribution in [-0.4, -0.2) is 22.9 Å². The molecule has 0 spiro atoms. The maximum absolute atomic E-state index is 12.6. The summed E-state index contributed by atoms with van der Waals surface area (Å²) in [7, 11) is 0. The van der Waals surface area contributed by atoms with Gasteiger partial charge in [0.2, 0.25) is 0 Å². The van der Waals surface area contributed by atoms with Crippen LogP contribution in [0.3, 0.4) is 0 Å². The molecule has 2 N–H and O–H groups in total. The molecule has 2 heterocycles. The zero-order chi connectivity index (χ0) is 16.6. The lowest BCUT2D eigenvalue weighted by Crippen LogP contribution is -2.47. The van der Waals surface area contributed by atoms with Crippen molar-refractivity contribution in [3.8, 4) is 0 Å². The molecular weight excluding hydrogens is 314 g/mol. The Hall–Kier alpha value is -2.67. The summed E-state index contributed by atoms with van der Waals surface area (Å²) in [5, 5.41) is 3.38. The molecule has 7 heteroatoms. The highest BCUT2D eigenvalue weighted by atomic mass is 32.1. The zero-order valence-corrected chi connectivity index (χ0v) is 13.4. The molecule has 0 saturated carbocycles. The summed E-state index contributed by atoms with van der Waals surface area (Å²) in [5.41, 5.74) is 1.83. The summed E-state index contributed by atoms with van der Waals surface area (Å²) < 4.78 is 0. The minimum absolute atomic E-state index is 0.441. The second kappa shape index (κ2) is 5.51. The Morgan fingerprint density at radius 2 is 1.87 bits per heavy atom. The van der Waals surface area contributed by atoms with E-state index >= 15 is 0 Å². The van der Waals surface area contributed by atoms with Crippen LogP contribution in [0.15, 0.2) is 42.5 Å². The number of amides is 4. The van der Waals surface area contributed by atoms with E-state index in [1.54, 1.807) is 43.3 Å². The second-order valence-electron chi connectivity index (χ2n) is 5.41. The number of hydrogen-bond acceptors (Lipinski definition) is 4. The topological polar surface area (TPSA) is 78.5 Å². The molecule has 1 saturated heterocycles. The number of nitrogens with zero attached hydrogens (tertiary/aromatic N) is 1. The number of urea groups is 1. The van der Waals surface area contributed by atoms with Gasteiger partial charge in [-0.05, 0) is 31.5 Å². The van der Waals surface area contributed by atoms with Crippen molar-refractivity contribution in [2.75, 3.05) is 0 Å². The van der Waals surface area contributed by atoms with Gasteiger partial charge in [-0.1, -0.05) is 30.3 Å². The highest BCUT2D eigenvalue weighted by Crippen LogP contribution is 2.27. The number of carbonyl (C=O) groups is 3. The van der Waals surface area contributed by atoms with Crippen LogP contribution in [-0.2, 0) is 10.3 Å². The number of carbonyl (C=O) groups excluding carboxylic acids is 3. The van der Waals surface area contributed by atoms with Gasteiger partial charge in [0.15, 0.2) is 0 Å². The van der Waals surface area contributed by atoms with Gasteiger partial charge >= 0.3 is 6.03 Å². The van der Waals surface area contributed by atoms with E-state index in [1.807, 2.05) is 13.0 Å². The first kappa shape index (κ1) is 15.2. The molecule has 1 aliphatic rings. The third kappa shape index (κ3) is 2.59. The molecule has 23 heavy (non-hydrogen) atoms. The Morgan fingerprint density at radius 1 is 1.17 bits per heavy atom. The maximum Gasteiger partial charge on any atom is 0.344 e. The Morgan fingerprint density at radius 3 is 2.48 bits per heavy atom. The molecule has 1 aromatic carbocycles. The first-order valence-corrected chi connectivity index (χ1v) is 7.83. The third-order valence-electron chi connectivity index (χ3n) is 3.72. The standard InChI is InChI=1S/C16H15N3O3S/c1-10-8-9-12(23-10)13(20)18-19-14(21)16(2,17-15(19)22)11-6-4-3-5-7-11/h3-9H,1-2H3,(H,17,22)(H,18,20)/t16-/m0/s1. The SMILES string of the molecule is Cc1ccc(C(=O)NN2C(=O)N[C@@](C)(c3ccccc3)C2=O)s1. The Kier molecular flexibility index (Phi) is 3.65. The number of nitrogens with one attached hydrogen (secondary N) is 2. The lowest BCUT2D eigenvalue weighted by atomic mass is 9.92. The van der Waals surface area contributed by atoms with Crippen LogP contribution in [0.5, 0.6) is 0 Å². The summed E-state index contributed by atoms with van der Waals surface area (Å²) in [6, 6.07) is 11.7. The number of rotatable bonds is 3. The molecule has 1 atom stereocenters. The van der Waals surface area contributed by atoms with Crippen molar-refractivity contribution in [3.05, 3.63) is 57.8 Å². The van der Waals surface area contributed by atoms with E-state index in [0.29, 0.717) is 10.4 Å². The maximum atomic E-state index is 12.6. The molecular formula is C16H15N3O3S. The van der Waals surface area contributed by atoms with E-state index in [1.165, 1.54) is 11.3 Å². The predicted molar refractivity (Wildman–Crippen MR) is 85.7 cm³/mol. The van der Waals surface area contributed by atoms with Crippen LogP contribution in [0.2, 0.25) is 0 Å². The van der Waals surface area contributed by atoms with Crippen molar-refractivity contribution in [3.63, 3.8) is 0 Å². The summed E-state index contributed by atoms with van der Waals surface area (Å²) in [4.78, 5) is 38.4. The van der Waals surface area contributed by atoms with Crippen LogP contribution < -0.4 is 10.7 Å². The van der Waals surface area contributed by atoms with Gasteiger partial charge in [0.1, 0.15) is 5.54 Å². The van der Waals surface area contributed by atoms with Crippen LogP contribution >= 0.6 is 11.3 Å². The fourth-order valence-corrected chi connectivity index (χ4v) is 3.18. The average molecular weight is 329 g/mol. The average Bonchev–Trinajstić information content (AvgIpc) is 3.06. The van der Waals surface area contributed by atoms with Gasteiger partial charge in [-0.15, -0.1) is 11.3 Å². The zero-order valence-electron chi connectivity index (χ0n) is 12.6.